The Labute approximate surface area is 130 Å². The van der Waals surface area contributed by atoms with Crippen molar-refractivity contribution in [1.29, 1.82) is 0 Å². The lowest BCUT2D eigenvalue weighted by atomic mass is 10.1. The monoisotopic (exact) mass is 316 g/mol. The molecule has 0 aliphatic rings. The van der Waals surface area contributed by atoms with Gasteiger partial charge < -0.3 is 18.9 Å². The van der Waals surface area contributed by atoms with E-state index in [9.17, 15) is 14.4 Å². The number of ether oxygens (including phenoxy) is 4. The summed E-state index contributed by atoms with van der Waals surface area (Å²) in [7, 11) is 1.17. The molecule has 126 valence electrons. The van der Waals surface area contributed by atoms with Crippen molar-refractivity contribution in [2.24, 2.45) is 0 Å². The molecule has 7 nitrogen and oxygen atoms in total. The molecular formula is C15H24O7. The maximum Gasteiger partial charge on any atom is 0.349 e. The first-order chi connectivity index (χ1) is 10.4. The number of hydrogen-bond acceptors (Lipinski definition) is 7. The smallest absolute Gasteiger partial charge is 0.349 e. The maximum atomic E-state index is 11.8. The van der Waals surface area contributed by atoms with Gasteiger partial charge in [0, 0.05) is 12.7 Å². The van der Waals surface area contributed by atoms with E-state index in [2.05, 4.69) is 4.74 Å². The predicted molar refractivity (Wildman–Crippen MR) is 78.0 cm³/mol. The molecule has 0 aromatic rings. The zero-order chi connectivity index (χ0) is 17.0. The van der Waals surface area contributed by atoms with Crippen LogP contribution in [-0.2, 0) is 33.3 Å². The summed E-state index contributed by atoms with van der Waals surface area (Å²) in [4.78, 5) is 34.6. The van der Waals surface area contributed by atoms with Crippen LogP contribution in [0.1, 0.15) is 33.6 Å². The number of carbonyl (C=O) groups is 3. The molecule has 0 N–H and O–H groups in total. The van der Waals surface area contributed by atoms with Crippen LogP contribution in [0.25, 0.3) is 0 Å². The second-order valence-electron chi connectivity index (χ2n) is 4.39. The van der Waals surface area contributed by atoms with Gasteiger partial charge in [-0.05, 0) is 33.6 Å². The van der Waals surface area contributed by atoms with Crippen molar-refractivity contribution in [2.45, 2.75) is 39.2 Å². The van der Waals surface area contributed by atoms with Gasteiger partial charge in [-0.1, -0.05) is 6.08 Å². The van der Waals surface area contributed by atoms with Gasteiger partial charge in [-0.15, -0.1) is 0 Å². The fraction of sp³-hybridized carbons (Fsp3) is 0.667. The van der Waals surface area contributed by atoms with E-state index in [1.165, 1.54) is 20.1 Å². The van der Waals surface area contributed by atoms with Crippen LogP contribution < -0.4 is 0 Å². The molecule has 0 bridgehead atoms. The zero-order valence-corrected chi connectivity index (χ0v) is 13.5. The van der Waals surface area contributed by atoms with Gasteiger partial charge in [-0.2, -0.15) is 0 Å². The third-order valence-electron chi connectivity index (χ3n) is 2.69. The topological polar surface area (TPSA) is 88.1 Å². The predicted octanol–water partition coefficient (Wildman–Crippen LogP) is 1.40. The quantitative estimate of drug-likeness (QED) is 0.198. The summed E-state index contributed by atoms with van der Waals surface area (Å²) >= 11 is 0. The lowest BCUT2D eigenvalue weighted by Crippen LogP contribution is -2.48. The second-order valence-corrected chi connectivity index (χ2v) is 4.39. The highest BCUT2D eigenvalue weighted by molar-refractivity contribution is 6.03. The molecule has 0 rings (SSSR count). The molecule has 0 amide bonds. The van der Waals surface area contributed by atoms with E-state index in [4.69, 9.17) is 14.2 Å². The highest BCUT2D eigenvalue weighted by atomic mass is 16.6. The van der Waals surface area contributed by atoms with Gasteiger partial charge in [0.1, 0.15) is 0 Å². The van der Waals surface area contributed by atoms with Gasteiger partial charge in [0.2, 0.25) is 0 Å². The normalized spacial score (nSPS) is 13.5. The number of hydrogen-bond donors (Lipinski definition) is 0. The van der Waals surface area contributed by atoms with E-state index in [1.807, 2.05) is 0 Å². The lowest BCUT2D eigenvalue weighted by molar-refractivity contribution is -0.187. The van der Waals surface area contributed by atoms with E-state index >= 15 is 0 Å². The standard InChI is InChI=1S/C15H24O7/c1-5-20-12(16)10-8-7-9-11-22-15(3,13(17)19-4)14(18)21-6-2/h8,10H,5-7,9,11H2,1-4H3/b10-8+/t15-/m0/s1. The number of rotatable bonds is 10. The molecule has 0 fully saturated rings. The summed E-state index contributed by atoms with van der Waals surface area (Å²) in [6.07, 6.45) is 4.02. The van der Waals surface area contributed by atoms with Crippen LogP contribution in [0.5, 0.6) is 0 Å². The Morgan fingerprint density at radius 1 is 1.05 bits per heavy atom. The lowest BCUT2D eigenvalue weighted by Gasteiger charge is -2.24. The average Bonchev–Trinajstić information content (AvgIpc) is 2.50. The first kappa shape index (κ1) is 20.1. The summed E-state index contributed by atoms with van der Waals surface area (Å²) in [5, 5.41) is 0. The molecule has 7 heteroatoms. The molecule has 0 aliphatic carbocycles. The first-order valence-electron chi connectivity index (χ1n) is 7.15. The number of methoxy groups -OCH3 is 1. The minimum atomic E-state index is -1.78. The Balaban J connectivity index is 4.34. The van der Waals surface area contributed by atoms with Crippen molar-refractivity contribution < 1.29 is 33.3 Å². The molecule has 0 aliphatic heterocycles. The van der Waals surface area contributed by atoms with Gasteiger partial charge in [0.25, 0.3) is 5.60 Å². The van der Waals surface area contributed by atoms with Crippen LogP contribution in [0, 0.1) is 0 Å². The van der Waals surface area contributed by atoms with Crippen molar-refractivity contribution in [2.75, 3.05) is 26.9 Å². The van der Waals surface area contributed by atoms with Crippen LogP contribution in [0.3, 0.4) is 0 Å². The van der Waals surface area contributed by atoms with E-state index in [-0.39, 0.29) is 13.2 Å². The second kappa shape index (κ2) is 10.8. The minimum Gasteiger partial charge on any atom is -0.466 e. The molecule has 22 heavy (non-hydrogen) atoms. The van der Waals surface area contributed by atoms with Crippen LogP contribution in [0.2, 0.25) is 0 Å². The molecule has 0 aromatic carbocycles. The SMILES string of the molecule is CCOC(=O)/C=C/CCCO[C@@](C)(C(=O)OC)C(=O)OCC. The number of unbranched alkanes of at least 4 members (excludes halogenated alkanes) is 1. The fourth-order valence-electron chi connectivity index (χ4n) is 1.51. The van der Waals surface area contributed by atoms with E-state index < -0.39 is 23.5 Å². The van der Waals surface area contributed by atoms with Crippen molar-refractivity contribution >= 4 is 17.9 Å². The van der Waals surface area contributed by atoms with Crippen molar-refractivity contribution in [1.82, 2.24) is 0 Å². The molecule has 0 radical (unpaired) electrons. The van der Waals surface area contributed by atoms with E-state index in [1.54, 1.807) is 19.9 Å². The molecule has 0 heterocycles. The van der Waals surface area contributed by atoms with E-state index in [0.29, 0.717) is 19.4 Å². The third kappa shape index (κ3) is 6.71. The minimum absolute atomic E-state index is 0.136. The van der Waals surface area contributed by atoms with Crippen LogP contribution in [-0.4, -0.2) is 50.4 Å². The zero-order valence-electron chi connectivity index (χ0n) is 13.5. The van der Waals surface area contributed by atoms with Crippen molar-refractivity contribution in [3.63, 3.8) is 0 Å². The maximum absolute atomic E-state index is 11.8. The van der Waals surface area contributed by atoms with Gasteiger partial charge in [-0.3, -0.25) is 0 Å². The molecule has 0 unspecified atom stereocenters. The van der Waals surface area contributed by atoms with Gasteiger partial charge in [-0.25, -0.2) is 14.4 Å². The Kier molecular flexibility index (Phi) is 9.86. The van der Waals surface area contributed by atoms with Crippen molar-refractivity contribution in [3.05, 3.63) is 12.2 Å². The summed E-state index contributed by atoms with van der Waals surface area (Å²) in [6, 6.07) is 0. The molecular weight excluding hydrogens is 292 g/mol. The summed E-state index contributed by atoms with van der Waals surface area (Å²) in [6.45, 7) is 5.27. The van der Waals surface area contributed by atoms with Gasteiger partial charge in [0.05, 0.1) is 20.3 Å². The largest absolute Gasteiger partial charge is 0.466 e. The Morgan fingerprint density at radius 3 is 2.23 bits per heavy atom. The Morgan fingerprint density at radius 2 is 1.68 bits per heavy atom. The molecule has 1 atom stereocenters. The molecule has 0 aromatic heterocycles. The summed E-state index contributed by atoms with van der Waals surface area (Å²) in [5.41, 5.74) is -1.78. The Hall–Kier alpha value is -1.89. The van der Waals surface area contributed by atoms with Crippen molar-refractivity contribution in [3.8, 4) is 0 Å². The van der Waals surface area contributed by atoms with E-state index in [0.717, 1.165) is 0 Å². The first-order valence-corrected chi connectivity index (χ1v) is 7.15. The summed E-state index contributed by atoms with van der Waals surface area (Å²) in [5.74, 6) is -2.01. The number of allylic oxidation sites excluding steroid dienone is 1. The van der Waals surface area contributed by atoms with Crippen LogP contribution in [0.15, 0.2) is 12.2 Å². The fourth-order valence-corrected chi connectivity index (χ4v) is 1.51. The Bertz CT molecular complexity index is 403. The third-order valence-corrected chi connectivity index (χ3v) is 2.69. The molecule has 0 spiro atoms. The van der Waals surface area contributed by atoms with Gasteiger partial charge >= 0.3 is 17.9 Å². The van der Waals surface area contributed by atoms with Crippen LogP contribution in [0.4, 0.5) is 0 Å². The highest BCUT2D eigenvalue weighted by Gasteiger charge is 2.45. The number of carbonyl (C=O) groups excluding carboxylic acids is 3. The average molecular weight is 316 g/mol. The highest BCUT2D eigenvalue weighted by Crippen LogP contribution is 2.16. The van der Waals surface area contributed by atoms with Gasteiger partial charge in [0.15, 0.2) is 0 Å². The summed E-state index contributed by atoms with van der Waals surface area (Å²) < 4.78 is 19.5. The molecule has 0 saturated carbocycles. The molecule has 0 saturated heterocycles. The number of esters is 3. The van der Waals surface area contributed by atoms with Crippen LogP contribution >= 0.6 is 0 Å².